The monoisotopic (exact) mass is 287 g/mol. The molecule has 0 saturated heterocycles. The molecule has 0 spiro atoms. The molecule has 0 bridgehead atoms. The molecule has 0 aliphatic carbocycles. The van der Waals surface area contributed by atoms with Crippen LogP contribution in [-0.4, -0.2) is 46.2 Å². The van der Waals surface area contributed by atoms with Gasteiger partial charge in [-0.15, -0.1) is 10.2 Å². The molecule has 1 heterocycles. The van der Waals surface area contributed by atoms with E-state index in [-0.39, 0.29) is 11.9 Å². The summed E-state index contributed by atoms with van der Waals surface area (Å²) in [5.41, 5.74) is 5.57. The van der Waals surface area contributed by atoms with Crippen molar-refractivity contribution in [1.82, 2.24) is 20.1 Å². The van der Waals surface area contributed by atoms with Gasteiger partial charge in [-0.25, -0.2) is 0 Å². The lowest BCUT2D eigenvalue weighted by Crippen LogP contribution is -2.36. The van der Waals surface area contributed by atoms with Gasteiger partial charge in [0.2, 0.25) is 5.91 Å². The Hall–Kier alpha value is -1.12. The molecule has 1 amide bonds. The maximum Gasteiger partial charge on any atom is 0.230 e. The number of hydrogen-bond acceptors (Lipinski definition) is 6. The lowest BCUT2D eigenvalue weighted by atomic mass is 10.3. The van der Waals surface area contributed by atoms with Crippen LogP contribution in [0.5, 0.6) is 0 Å². The lowest BCUT2D eigenvalue weighted by molar-refractivity contribution is -0.119. The predicted molar refractivity (Wildman–Crippen MR) is 73.8 cm³/mol. The summed E-state index contributed by atoms with van der Waals surface area (Å²) >= 11 is 1.36. The Morgan fingerprint density at radius 2 is 2.32 bits per heavy atom. The Morgan fingerprint density at radius 3 is 2.89 bits per heavy atom. The van der Waals surface area contributed by atoms with Crippen LogP contribution < -0.4 is 11.1 Å². The number of thioether (sulfide) groups is 1. The van der Waals surface area contributed by atoms with Crippen molar-refractivity contribution in [2.75, 3.05) is 19.5 Å². The molecule has 0 aliphatic rings. The molecule has 1 aromatic heterocycles. The number of carbonyl (C=O) groups is 1. The number of amides is 1. The fourth-order valence-corrected chi connectivity index (χ4v) is 2.47. The van der Waals surface area contributed by atoms with Crippen molar-refractivity contribution in [3.05, 3.63) is 5.82 Å². The van der Waals surface area contributed by atoms with Crippen LogP contribution in [0.25, 0.3) is 0 Å². The molecule has 0 saturated carbocycles. The molecule has 1 unspecified atom stereocenters. The van der Waals surface area contributed by atoms with Crippen LogP contribution in [0, 0.1) is 0 Å². The van der Waals surface area contributed by atoms with Crippen LogP contribution in [0.15, 0.2) is 5.16 Å². The number of ether oxygens (including phenoxy) is 1. The van der Waals surface area contributed by atoms with Crippen LogP contribution in [0.4, 0.5) is 0 Å². The predicted octanol–water partition coefficient (Wildman–Crippen LogP) is -0.0001000. The topological polar surface area (TPSA) is 95.1 Å². The van der Waals surface area contributed by atoms with E-state index in [0.717, 1.165) is 17.5 Å². The Bertz CT molecular complexity index is 410. The third-order valence-corrected chi connectivity index (χ3v) is 3.42. The van der Waals surface area contributed by atoms with Crippen LogP contribution in [-0.2, 0) is 22.6 Å². The Balaban J connectivity index is 2.48. The molecular formula is C11H21N5O2S. The van der Waals surface area contributed by atoms with Gasteiger partial charge >= 0.3 is 0 Å². The number of nitrogens with zero attached hydrogens (tertiary/aromatic N) is 3. The van der Waals surface area contributed by atoms with E-state index < -0.39 is 0 Å². The quantitative estimate of drug-likeness (QED) is 0.654. The summed E-state index contributed by atoms with van der Waals surface area (Å²) in [7, 11) is 1.61. The highest BCUT2D eigenvalue weighted by atomic mass is 32.2. The summed E-state index contributed by atoms with van der Waals surface area (Å²) in [5, 5.41) is 11.6. The number of carbonyl (C=O) groups excluding carboxylic acids is 1. The third-order valence-electron chi connectivity index (χ3n) is 2.45. The molecule has 0 aromatic carbocycles. The van der Waals surface area contributed by atoms with E-state index in [1.165, 1.54) is 11.8 Å². The summed E-state index contributed by atoms with van der Waals surface area (Å²) in [5.74, 6) is 0.990. The highest BCUT2D eigenvalue weighted by molar-refractivity contribution is 7.99. The van der Waals surface area contributed by atoms with Crippen molar-refractivity contribution in [2.45, 2.75) is 38.1 Å². The standard InChI is InChI=1S/C11H21N5O2S/c1-4-16-9(5-12)14-15-11(16)19-7-10(17)13-8(2)6-18-3/h8H,4-7,12H2,1-3H3,(H,13,17). The zero-order valence-electron chi connectivity index (χ0n) is 11.5. The normalized spacial score (nSPS) is 12.4. The second-order valence-electron chi connectivity index (χ2n) is 4.06. The smallest absolute Gasteiger partial charge is 0.230 e. The zero-order chi connectivity index (χ0) is 14.3. The van der Waals surface area contributed by atoms with Gasteiger partial charge in [-0.05, 0) is 13.8 Å². The van der Waals surface area contributed by atoms with E-state index in [2.05, 4.69) is 15.5 Å². The minimum atomic E-state index is -0.0468. The molecule has 19 heavy (non-hydrogen) atoms. The van der Waals surface area contributed by atoms with E-state index in [9.17, 15) is 4.79 Å². The van der Waals surface area contributed by atoms with Gasteiger partial charge in [0.1, 0.15) is 5.82 Å². The van der Waals surface area contributed by atoms with Gasteiger partial charge in [0.15, 0.2) is 5.16 Å². The lowest BCUT2D eigenvalue weighted by Gasteiger charge is -2.12. The van der Waals surface area contributed by atoms with Gasteiger partial charge in [0, 0.05) is 19.7 Å². The van der Waals surface area contributed by atoms with Crippen LogP contribution in [0.1, 0.15) is 19.7 Å². The van der Waals surface area contributed by atoms with E-state index in [0.29, 0.717) is 18.9 Å². The first-order valence-electron chi connectivity index (χ1n) is 6.15. The second kappa shape index (κ2) is 8.13. The van der Waals surface area contributed by atoms with E-state index in [1.807, 2.05) is 18.4 Å². The minimum absolute atomic E-state index is 0.00162. The maximum atomic E-state index is 11.7. The van der Waals surface area contributed by atoms with Gasteiger partial charge in [-0.1, -0.05) is 11.8 Å². The fourth-order valence-electron chi connectivity index (χ4n) is 1.63. The molecule has 1 aromatic rings. The number of nitrogens with one attached hydrogen (secondary N) is 1. The summed E-state index contributed by atoms with van der Waals surface area (Å²) < 4.78 is 6.87. The van der Waals surface area contributed by atoms with Gasteiger partial charge < -0.3 is 20.4 Å². The van der Waals surface area contributed by atoms with E-state index in [1.54, 1.807) is 7.11 Å². The largest absolute Gasteiger partial charge is 0.383 e. The number of nitrogens with two attached hydrogens (primary N) is 1. The Kier molecular flexibility index (Phi) is 6.82. The first-order chi connectivity index (χ1) is 9.12. The number of aromatic nitrogens is 3. The number of methoxy groups -OCH3 is 1. The highest BCUT2D eigenvalue weighted by Gasteiger charge is 2.13. The SMILES string of the molecule is CCn1c(CN)nnc1SCC(=O)NC(C)COC. The van der Waals surface area contributed by atoms with Crippen molar-refractivity contribution >= 4 is 17.7 Å². The molecule has 0 radical (unpaired) electrons. The molecule has 108 valence electrons. The Morgan fingerprint density at radius 1 is 1.58 bits per heavy atom. The average molecular weight is 287 g/mol. The minimum Gasteiger partial charge on any atom is -0.383 e. The van der Waals surface area contributed by atoms with Gasteiger partial charge in [0.25, 0.3) is 0 Å². The highest BCUT2D eigenvalue weighted by Crippen LogP contribution is 2.16. The van der Waals surface area contributed by atoms with Crippen molar-refractivity contribution in [3.63, 3.8) is 0 Å². The van der Waals surface area contributed by atoms with E-state index in [4.69, 9.17) is 10.5 Å². The first-order valence-corrected chi connectivity index (χ1v) is 7.14. The van der Waals surface area contributed by atoms with E-state index >= 15 is 0 Å². The third kappa shape index (κ3) is 4.81. The Labute approximate surface area is 117 Å². The molecule has 0 aliphatic heterocycles. The first kappa shape index (κ1) is 15.9. The summed E-state index contributed by atoms with van der Waals surface area (Å²) in [6.07, 6.45) is 0. The van der Waals surface area contributed by atoms with Gasteiger partial charge in [0.05, 0.1) is 18.9 Å². The zero-order valence-corrected chi connectivity index (χ0v) is 12.4. The van der Waals surface area contributed by atoms with Crippen molar-refractivity contribution in [1.29, 1.82) is 0 Å². The molecule has 0 fully saturated rings. The molecule has 7 nitrogen and oxygen atoms in total. The van der Waals surface area contributed by atoms with Crippen molar-refractivity contribution in [3.8, 4) is 0 Å². The average Bonchev–Trinajstić information content (AvgIpc) is 2.78. The van der Waals surface area contributed by atoms with Crippen molar-refractivity contribution in [2.24, 2.45) is 5.73 Å². The maximum absolute atomic E-state index is 11.7. The molecule has 3 N–H and O–H groups in total. The molecular weight excluding hydrogens is 266 g/mol. The van der Waals surface area contributed by atoms with Crippen molar-refractivity contribution < 1.29 is 9.53 Å². The summed E-state index contributed by atoms with van der Waals surface area (Å²) in [4.78, 5) is 11.7. The molecule has 1 atom stereocenters. The van der Waals surface area contributed by atoms with Gasteiger partial charge in [-0.3, -0.25) is 4.79 Å². The fraction of sp³-hybridized carbons (Fsp3) is 0.727. The van der Waals surface area contributed by atoms with Crippen LogP contribution in [0.3, 0.4) is 0 Å². The second-order valence-corrected chi connectivity index (χ2v) is 5.00. The number of hydrogen-bond donors (Lipinski definition) is 2. The number of rotatable bonds is 8. The summed E-state index contributed by atoms with van der Waals surface area (Å²) in [6.45, 7) is 5.47. The van der Waals surface area contributed by atoms with Crippen LogP contribution >= 0.6 is 11.8 Å². The van der Waals surface area contributed by atoms with Gasteiger partial charge in [-0.2, -0.15) is 0 Å². The molecule has 1 rings (SSSR count). The van der Waals surface area contributed by atoms with Crippen LogP contribution in [0.2, 0.25) is 0 Å². The summed E-state index contributed by atoms with van der Waals surface area (Å²) in [6, 6.07) is 0.00162. The molecule has 8 heteroatoms.